The molecule has 9 heteroatoms. The molecule has 1 heterocycles. The Balaban J connectivity index is 0.000000345. The molecule has 148 valence electrons. The van der Waals surface area contributed by atoms with Crippen LogP contribution in [-0.2, 0) is 9.59 Å². The van der Waals surface area contributed by atoms with E-state index in [4.69, 9.17) is 15.9 Å². The van der Waals surface area contributed by atoms with Gasteiger partial charge in [-0.15, -0.1) is 0 Å². The summed E-state index contributed by atoms with van der Waals surface area (Å²) in [4.78, 5) is 32.3. The molecule has 0 saturated carbocycles. The minimum Gasteiger partial charge on any atom is -0.480 e. The standard InChI is InChI=1S/C13H14N2O3.C5H11NO2S/c16-12-11(15-13(17)18)7-6-10(8-14-12)9-4-2-1-3-5-9;1-9-3-2-4(6)5(7)8/h1-6,11,15H,7-8H2,(H,14,16)(H,17,18);4H,2-3,6H2,1H3,(H,7,8)/t11-;4-/m10/s1. The molecular weight excluding hydrogens is 370 g/mol. The Morgan fingerprint density at radius 2 is 2.00 bits per heavy atom. The lowest BCUT2D eigenvalue weighted by atomic mass is 10.0. The van der Waals surface area contributed by atoms with Crippen LogP contribution >= 0.6 is 11.8 Å². The number of hydrogen-bond acceptors (Lipinski definition) is 5. The fourth-order valence-electron chi connectivity index (χ4n) is 2.26. The van der Waals surface area contributed by atoms with Crippen LogP contribution in [-0.4, -0.2) is 58.8 Å². The highest BCUT2D eigenvalue weighted by molar-refractivity contribution is 7.98. The van der Waals surface area contributed by atoms with Gasteiger partial charge in [-0.05, 0) is 36.0 Å². The highest BCUT2D eigenvalue weighted by atomic mass is 32.2. The summed E-state index contributed by atoms with van der Waals surface area (Å²) in [6.07, 6.45) is 3.55. The molecule has 2 amide bonds. The van der Waals surface area contributed by atoms with E-state index in [1.54, 1.807) is 11.8 Å². The van der Waals surface area contributed by atoms with Crippen molar-refractivity contribution in [1.29, 1.82) is 0 Å². The summed E-state index contributed by atoms with van der Waals surface area (Å²) in [6, 6.07) is 8.30. The monoisotopic (exact) mass is 395 g/mol. The first-order valence-electron chi connectivity index (χ1n) is 8.34. The predicted octanol–water partition coefficient (Wildman–Crippen LogP) is 1.38. The molecule has 0 unspecified atom stereocenters. The van der Waals surface area contributed by atoms with Crippen molar-refractivity contribution < 1.29 is 24.6 Å². The average Bonchev–Trinajstić information content (AvgIpc) is 2.82. The van der Waals surface area contributed by atoms with Gasteiger partial charge >= 0.3 is 12.1 Å². The van der Waals surface area contributed by atoms with Gasteiger partial charge in [0.1, 0.15) is 12.1 Å². The van der Waals surface area contributed by atoms with Crippen molar-refractivity contribution >= 4 is 35.3 Å². The third-order valence-corrected chi connectivity index (χ3v) is 4.41. The Labute approximate surface area is 162 Å². The first-order chi connectivity index (χ1) is 12.8. The zero-order chi connectivity index (χ0) is 20.2. The van der Waals surface area contributed by atoms with Crippen LogP contribution in [0, 0.1) is 0 Å². The molecule has 2 rings (SSSR count). The molecule has 0 saturated heterocycles. The second-order valence-electron chi connectivity index (χ2n) is 5.78. The third-order valence-electron chi connectivity index (χ3n) is 3.76. The molecule has 0 radical (unpaired) electrons. The second kappa shape index (κ2) is 12.0. The maximum Gasteiger partial charge on any atom is 0.405 e. The molecule has 0 spiro atoms. The van der Waals surface area contributed by atoms with Gasteiger partial charge in [0.15, 0.2) is 0 Å². The minimum atomic E-state index is -1.19. The number of carboxylic acids is 1. The van der Waals surface area contributed by atoms with E-state index in [0.29, 0.717) is 19.4 Å². The maximum absolute atomic E-state index is 11.7. The molecule has 8 nitrogen and oxygen atoms in total. The van der Waals surface area contributed by atoms with Crippen LogP contribution in [0.5, 0.6) is 0 Å². The number of aliphatic carboxylic acids is 1. The Morgan fingerprint density at radius 3 is 2.56 bits per heavy atom. The quantitative estimate of drug-likeness (QED) is 0.490. The average molecular weight is 395 g/mol. The summed E-state index contributed by atoms with van der Waals surface area (Å²) in [5.74, 6) is -0.392. The zero-order valence-corrected chi connectivity index (χ0v) is 15.9. The summed E-state index contributed by atoms with van der Waals surface area (Å²) in [7, 11) is 0. The van der Waals surface area contributed by atoms with Gasteiger partial charge in [-0.1, -0.05) is 36.4 Å². The zero-order valence-electron chi connectivity index (χ0n) is 15.1. The molecule has 27 heavy (non-hydrogen) atoms. The highest BCUT2D eigenvalue weighted by Crippen LogP contribution is 2.16. The van der Waals surface area contributed by atoms with Crippen LogP contribution in [0.15, 0.2) is 36.4 Å². The van der Waals surface area contributed by atoms with Crippen LogP contribution in [0.4, 0.5) is 4.79 Å². The number of amides is 2. The van der Waals surface area contributed by atoms with E-state index in [1.165, 1.54) is 0 Å². The smallest absolute Gasteiger partial charge is 0.405 e. The number of carboxylic acid groups (broad SMARTS) is 2. The number of hydrogen-bond donors (Lipinski definition) is 5. The molecule has 1 aromatic rings. The van der Waals surface area contributed by atoms with Crippen molar-refractivity contribution in [2.45, 2.75) is 24.9 Å². The van der Waals surface area contributed by atoms with Crippen molar-refractivity contribution in [2.75, 3.05) is 18.6 Å². The van der Waals surface area contributed by atoms with Gasteiger partial charge in [0.2, 0.25) is 5.91 Å². The van der Waals surface area contributed by atoms with E-state index in [0.717, 1.165) is 16.9 Å². The summed E-state index contributed by atoms with van der Waals surface area (Å²) in [5, 5.41) is 21.8. The molecule has 1 aromatic carbocycles. The van der Waals surface area contributed by atoms with Crippen molar-refractivity contribution in [1.82, 2.24) is 10.6 Å². The minimum absolute atomic E-state index is 0.292. The van der Waals surface area contributed by atoms with Crippen LogP contribution in [0.2, 0.25) is 0 Å². The Bertz CT molecular complexity index is 666. The normalized spacial score (nSPS) is 17.3. The van der Waals surface area contributed by atoms with Gasteiger partial charge in [0.25, 0.3) is 0 Å². The van der Waals surface area contributed by atoms with Gasteiger partial charge in [-0.2, -0.15) is 11.8 Å². The molecule has 0 bridgehead atoms. The highest BCUT2D eigenvalue weighted by Gasteiger charge is 2.22. The lowest BCUT2D eigenvalue weighted by Crippen LogP contribution is -2.45. The fraction of sp³-hybridized carbons (Fsp3) is 0.389. The van der Waals surface area contributed by atoms with Crippen molar-refractivity contribution in [3.05, 3.63) is 42.0 Å². The predicted molar refractivity (Wildman–Crippen MR) is 106 cm³/mol. The first kappa shape index (κ1) is 22.5. The van der Waals surface area contributed by atoms with E-state index in [2.05, 4.69) is 10.6 Å². The summed E-state index contributed by atoms with van der Waals surface area (Å²) in [6.45, 7) is 0.417. The van der Waals surface area contributed by atoms with E-state index < -0.39 is 24.1 Å². The number of carbonyl (C=O) groups is 3. The number of carbonyl (C=O) groups excluding carboxylic acids is 1. The van der Waals surface area contributed by atoms with Crippen molar-refractivity contribution in [3.8, 4) is 0 Å². The van der Waals surface area contributed by atoms with E-state index in [1.807, 2.05) is 42.7 Å². The van der Waals surface area contributed by atoms with Gasteiger partial charge in [0, 0.05) is 6.54 Å². The molecule has 2 atom stereocenters. The van der Waals surface area contributed by atoms with Crippen LogP contribution in [0.1, 0.15) is 18.4 Å². The molecule has 6 N–H and O–H groups in total. The topological polar surface area (TPSA) is 142 Å². The molecule has 0 fully saturated rings. The SMILES string of the molecule is CSCC[C@H](N)C(=O)O.O=C(O)N[C@@H]1CC=C(c2ccccc2)CNC1=O. The van der Waals surface area contributed by atoms with Crippen molar-refractivity contribution in [2.24, 2.45) is 5.73 Å². The van der Waals surface area contributed by atoms with Crippen LogP contribution in [0.3, 0.4) is 0 Å². The second-order valence-corrected chi connectivity index (χ2v) is 6.76. The van der Waals surface area contributed by atoms with Gasteiger partial charge in [0.05, 0.1) is 0 Å². The number of nitrogens with one attached hydrogen (secondary N) is 2. The fourth-order valence-corrected chi connectivity index (χ4v) is 2.75. The van der Waals surface area contributed by atoms with Gasteiger partial charge < -0.3 is 26.6 Å². The van der Waals surface area contributed by atoms with Crippen LogP contribution in [0.25, 0.3) is 5.57 Å². The molecule has 1 aliphatic heterocycles. The van der Waals surface area contributed by atoms with E-state index in [9.17, 15) is 14.4 Å². The first-order valence-corrected chi connectivity index (χ1v) is 9.73. The Hall–Kier alpha value is -2.52. The Morgan fingerprint density at radius 1 is 1.33 bits per heavy atom. The van der Waals surface area contributed by atoms with E-state index in [-0.39, 0.29) is 5.91 Å². The van der Waals surface area contributed by atoms with E-state index >= 15 is 0 Å². The molecular formula is C18H25N3O5S. The largest absolute Gasteiger partial charge is 0.480 e. The third kappa shape index (κ3) is 8.61. The number of thioether (sulfide) groups is 1. The number of benzene rings is 1. The maximum atomic E-state index is 11.7. The summed E-state index contributed by atoms with van der Waals surface area (Å²) < 4.78 is 0. The molecule has 1 aliphatic rings. The number of rotatable bonds is 6. The van der Waals surface area contributed by atoms with Gasteiger partial charge in [-0.3, -0.25) is 9.59 Å². The lowest BCUT2D eigenvalue weighted by Gasteiger charge is -2.11. The summed E-state index contributed by atoms with van der Waals surface area (Å²) in [5.41, 5.74) is 7.22. The lowest BCUT2D eigenvalue weighted by molar-refractivity contribution is -0.138. The van der Waals surface area contributed by atoms with Gasteiger partial charge in [-0.25, -0.2) is 4.79 Å². The Kier molecular flexibility index (Phi) is 9.99. The van der Waals surface area contributed by atoms with Crippen molar-refractivity contribution in [3.63, 3.8) is 0 Å². The van der Waals surface area contributed by atoms with Crippen LogP contribution < -0.4 is 16.4 Å². The number of nitrogens with two attached hydrogens (primary N) is 1. The molecule has 0 aliphatic carbocycles. The molecule has 0 aromatic heterocycles. The summed E-state index contributed by atoms with van der Waals surface area (Å²) >= 11 is 1.60.